The van der Waals surface area contributed by atoms with Crippen molar-refractivity contribution in [1.82, 2.24) is 9.88 Å². The topological polar surface area (TPSA) is 59.2 Å². The normalized spacial score (nSPS) is 21.3. The largest absolute Gasteiger partial charge is 0.334 e. The first-order valence-electron chi connectivity index (χ1n) is 6.57. The number of carbonyl (C=O) groups is 1. The van der Waals surface area contributed by atoms with Crippen molar-refractivity contribution in [1.29, 1.82) is 0 Å². The molecule has 1 unspecified atom stereocenters. The lowest BCUT2D eigenvalue weighted by Gasteiger charge is -2.29. The molecule has 1 saturated heterocycles. The molecule has 1 fully saturated rings. The Kier molecular flexibility index (Phi) is 3.97. The van der Waals surface area contributed by atoms with Crippen molar-refractivity contribution in [3.05, 3.63) is 30.1 Å². The summed E-state index contributed by atoms with van der Waals surface area (Å²) in [6, 6.07) is 3.74. The second kappa shape index (κ2) is 5.48. The molecule has 0 bridgehead atoms. The summed E-state index contributed by atoms with van der Waals surface area (Å²) in [5.74, 6) is 0.250. The van der Waals surface area contributed by atoms with Crippen LogP contribution in [-0.2, 0) is 4.79 Å². The van der Waals surface area contributed by atoms with E-state index in [0.29, 0.717) is 0 Å². The van der Waals surface area contributed by atoms with Crippen LogP contribution < -0.4 is 5.73 Å². The van der Waals surface area contributed by atoms with Crippen LogP contribution in [0.4, 0.5) is 0 Å². The highest BCUT2D eigenvalue weighted by Gasteiger charge is 2.33. The Bertz CT molecular complexity index is 405. The summed E-state index contributed by atoms with van der Waals surface area (Å²) in [4.78, 5) is 18.3. The minimum absolute atomic E-state index is 0.0734. The first kappa shape index (κ1) is 13.0. The number of carbonyl (C=O) groups excluding carboxylic acids is 1. The first-order valence-corrected chi connectivity index (χ1v) is 6.57. The van der Waals surface area contributed by atoms with Gasteiger partial charge in [-0.1, -0.05) is 13.8 Å². The number of hydrogen-bond acceptors (Lipinski definition) is 3. The summed E-state index contributed by atoms with van der Waals surface area (Å²) in [6.07, 6.45) is 5.61. The van der Waals surface area contributed by atoms with Crippen LogP contribution in [0.3, 0.4) is 0 Å². The molecular weight excluding hydrogens is 226 g/mol. The molecule has 1 aromatic rings. The summed E-state index contributed by atoms with van der Waals surface area (Å²) < 4.78 is 0. The maximum atomic E-state index is 12.4. The number of nitrogens with two attached hydrogens (primary N) is 1. The molecule has 18 heavy (non-hydrogen) atoms. The molecule has 1 aliphatic rings. The van der Waals surface area contributed by atoms with Crippen LogP contribution >= 0.6 is 0 Å². The third kappa shape index (κ3) is 2.53. The second-order valence-corrected chi connectivity index (χ2v) is 5.24. The number of hydrogen-bond donors (Lipinski definition) is 1. The number of pyridine rings is 1. The zero-order chi connectivity index (χ0) is 13.1. The van der Waals surface area contributed by atoms with E-state index in [4.69, 9.17) is 5.73 Å². The van der Waals surface area contributed by atoms with Gasteiger partial charge >= 0.3 is 0 Å². The van der Waals surface area contributed by atoms with E-state index in [1.807, 2.05) is 30.9 Å². The molecule has 1 aromatic heterocycles. The molecule has 0 aromatic carbocycles. The van der Waals surface area contributed by atoms with Gasteiger partial charge in [0.2, 0.25) is 5.91 Å². The molecular formula is C14H21N3O. The minimum Gasteiger partial charge on any atom is -0.334 e. The van der Waals surface area contributed by atoms with Crippen LogP contribution in [-0.4, -0.2) is 28.4 Å². The van der Waals surface area contributed by atoms with Crippen LogP contribution in [0.15, 0.2) is 24.5 Å². The van der Waals surface area contributed by atoms with Gasteiger partial charge in [0.15, 0.2) is 0 Å². The van der Waals surface area contributed by atoms with Gasteiger partial charge < -0.3 is 10.6 Å². The molecule has 1 amide bonds. The molecule has 2 rings (SSSR count). The highest BCUT2D eigenvalue weighted by Crippen LogP contribution is 2.32. The SMILES string of the molecule is CC(C)[C@H](N)C(=O)N1CCCC1c1ccncc1. The van der Waals surface area contributed by atoms with Gasteiger partial charge in [0, 0.05) is 18.9 Å². The molecule has 0 aliphatic carbocycles. The summed E-state index contributed by atoms with van der Waals surface area (Å²) in [7, 11) is 0. The standard InChI is InChI=1S/C14H21N3O/c1-10(2)13(15)14(18)17-9-3-4-12(17)11-5-7-16-8-6-11/h5-8,10,12-13H,3-4,9,15H2,1-2H3/t12?,13-/m0/s1. The van der Waals surface area contributed by atoms with E-state index >= 15 is 0 Å². The number of rotatable bonds is 3. The predicted octanol–water partition coefficient (Wildman–Crippen LogP) is 1.73. The fourth-order valence-electron chi connectivity index (χ4n) is 2.44. The zero-order valence-corrected chi connectivity index (χ0v) is 11.0. The highest BCUT2D eigenvalue weighted by atomic mass is 16.2. The molecule has 0 saturated carbocycles. The van der Waals surface area contributed by atoms with Gasteiger partial charge in [-0.3, -0.25) is 9.78 Å². The van der Waals surface area contributed by atoms with E-state index < -0.39 is 6.04 Å². The Morgan fingerprint density at radius 3 is 2.72 bits per heavy atom. The van der Waals surface area contributed by atoms with E-state index in [0.717, 1.165) is 24.9 Å². The lowest BCUT2D eigenvalue weighted by molar-refractivity contribution is -0.134. The average molecular weight is 247 g/mol. The Balaban J connectivity index is 2.15. The number of likely N-dealkylation sites (tertiary alicyclic amines) is 1. The average Bonchev–Trinajstić information content (AvgIpc) is 2.87. The Labute approximate surface area is 108 Å². The van der Waals surface area contributed by atoms with Gasteiger partial charge in [-0.25, -0.2) is 0 Å². The molecule has 98 valence electrons. The van der Waals surface area contributed by atoms with Crippen molar-refractivity contribution in [3.8, 4) is 0 Å². The molecule has 2 atom stereocenters. The van der Waals surface area contributed by atoms with Gasteiger partial charge in [0.25, 0.3) is 0 Å². The molecule has 0 spiro atoms. The van der Waals surface area contributed by atoms with Crippen LogP contribution in [0.25, 0.3) is 0 Å². The lowest BCUT2D eigenvalue weighted by Crippen LogP contribution is -2.46. The van der Waals surface area contributed by atoms with Gasteiger partial charge in [-0.15, -0.1) is 0 Å². The smallest absolute Gasteiger partial charge is 0.240 e. The van der Waals surface area contributed by atoms with E-state index in [9.17, 15) is 4.79 Å². The van der Waals surface area contributed by atoms with E-state index in [1.165, 1.54) is 0 Å². The Morgan fingerprint density at radius 2 is 2.11 bits per heavy atom. The van der Waals surface area contributed by atoms with Crippen LogP contribution in [0.2, 0.25) is 0 Å². The van der Waals surface area contributed by atoms with Gasteiger partial charge in [-0.2, -0.15) is 0 Å². The third-order valence-electron chi connectivity index (χ3n) is 3.63. The molecule has 0 radical (unpaired) electrons. The van der Waals surface area contributed by atoms with E-state index in [1.54, 1.807) is 12.4 Å². The van der Waals surface area contributed by atoms with Crippen molar-refractivity contribution in [2.75, 3.05) is 6.54 Å². The third-order valence-corrected chi connectivity index (χ3v) is 3.63. The maximum absolute atomic E-state index is 12.4. The van der Waals surface area contributed by atoms with Crippen molar-refractivity contribution in [3.63, 3.8) is 0 Å². The van der Waals surface area contributed by atoms with E-state index in [2.05, 4.69) is 4.98 Å². The summed E-state index contributed by atoms with van der Waals surface area (Å²) in [6.45, 7) is 4.78. The molecule has 2 N–H and O–H groups in total. The summed E-state index contributed by atoms with van der Waals surface area (Å²) in [5, 5.41) is 0. The molecule has 4 heteroatoms. The van der Waals surface area contributed by atoms with Crippen molar-refractivity contribution in [2.45, 2.75) is 38.8 Å². The van der Waals surface area contributed by atoms with Crippen LogP contribution in [0.1, 0.15) is 38.3 Å². The van der Waals surface area contributed by atoms with Crippen LogP contribution in [0.5, 0.6) is 0 Å². The fourth-order valence-corrected chi connectivity index (χ4v) is 2.44. The number of nitrogens with zero attached hydrogens (tertiary/aromatic N) is 2. The summed E-state index contributed by atoms with van der Waals surface area (Å²) >= 11 is 0. The number of amides is 1. The van der Waals surface area contributed by atoms with Crippen molar-refractivity contribution < 1.29 is 4.79 Å². The Morgan fingerprint density at radius 1 is 1.44 bits per heavy atom. The van der Waals surface area contributed by atoms with Crippen LogP contribution in [0, 0.1) is 5.92 Å². The van der Waals surface area contributed by atoms with Gasteiger partial charge in [0.05, 0.1) is 12.1 Å². The number of aromatic nitrogens is 1. The van der Waals surface area contributed by atoms with E-state index in [-0.39, 0.29) is 17.9 Å². The van der Waals surface area contributed by atoms with Crippen molar-refractivity contribution >= 4 is 5.91 Å². The predicted molar refractivity (Wildman–Crippen MR) is 70.7 cm³/mol. The minimum atomic E-state index is -0.396. The first-order chi connectivity index (χ1) is 8.61. The molecule has 2 heterocycles. The highest BCUT2D eigenvalue weighted by molar-refractivity contribution is 5.82. The fraction of sp³-hybridized carbons (Fsp3) is 0.571. The van der Waals surface area contributed by atoms with Gasteiger partial charge in [0.1, 0.15) is 0 Å². The second-order valence-electron chi connectivity index (χ2n) is 5.24. The summed E-state index contributed by atoms with van der Waals surface area (Å²) in [5.41, 5.74) is 7.14. The van der Waals surface area contributed by atoms with Gasteiger partial charge in [-0.05, 0) is 36.5 Å². The quantitative estimate of drug-likeness (QED) is 0.885. The monoisotopic (exact) mass is 247 g/mol. The van der Waals surface area contributed by atoms with Crippen molar-refractivity contribution in [2.24, 2.45) is 11.7 Å². The maximum Gasteiger partial charge on any atom is 0.240 e. The molecule has 1 aliphatic heterocycles. The Hall–Kier alpha value is -1.42. The zero-order valence-electron chi connectivity index (χ0n) is 11.0. The lowest BCUT2D eigenvalue weighted by atomic mass is 10.0. The molecule has 4 nitrogen and oxygen atoms in total.